The van der Waals surface area contributed by atoms with Gasteiger partial charge in [-0.2, -0.15) is 0 Å². The summed E-state index contributed by atoms with van der Waals surface area (Å²) < 4.78 is 4.85. The number of rotatable bonds is 5. The van der Waals surface area contributed by atoms with Crippen LogP contribution in [0.4, 0.5) is 10.7 Å². The van der Waals surface area contributed by atoms with Crippen LogP contribution in [0.25, 0.3) is 0 Å². The highest BCUT2D eigenvalue weighted by Gasteiger charge is 2.26. The average molecular weight is 436 g/mol. The minimum absolute atomic E-state index is 0.113. The fourth-order valence-electron chi connectivity index (χ4n) is 2.50. The molecule has 2 aromatic rings. The molecule has 0 bridgehead atoms. The molecule has 2 rings (SSSR count). The van der Waals surface area contributed by atoms with E-state index in [1.54, 1.807) is 34.0 Å². The Morgan fingerprint density at radius 2 is 1.83 bits per heavy atom. The summed E-state index contributed by atoms with van der Waals surface area (Å²) in [5.41, 5.74) is 2.14. The number of carbonyl (C=O) groups excluding carboxylic acids is 2. The minimum Gasteiger partial charge on any atom is -0.478 e. The lowest BCUT2D eigenvalue weighted by Gasteiger charge is -2.13. The van der Waals surface area contributed by atoms with Crippen molar-refractivity contribution in [3.63, 3.8) is 0 Å². The number of hydrogen-bond donors (Lipinski definition) is 3. The monoisotopic (exact) mass is 435 g/mol. The molecule has 1 aromatic carbocycles. The van der Waals surface area contributed by atoms with E-state index in [9.17, 15) is 14.4 Å². The van der Waals surface area contributed by atoms with E-state index in [4.69, 9.17) is 22.1 Å². The van der Waals surface area contributed by atoms with E-state index >= 15 is 0 Å². The summed E-state index contributed by atoms with van der Waals surface area (Å²) in [5.74, 6) is -1.89. The van der Waals surface area contributed by atoms with E-state index in [0.717, 1.165) is 16.9 Å². The maximum Gasteiger partial charge on any atom is 0.341 e. The molecule has 1 aromatic heterocycles. The second-order valence-corrected chi connectivity index (χ2v) is 7.79. The van der Waals surface area contributed by atoms with Crippen LogP contribution in [0.3, 0.4) is 0 Å². The fraction of sp³-hybridized carbons (Fsp3) is 0.263. The van der Waals surface area contributed by atoms with Gasteiger partial charge in [-0.1, -0.05) is 6.07 Å². The van der Waals surface area contributed by atoms with Crippen molar-refractivity contribution >= 4 is 57.2 Å². The van der Waals surface area contributed by atoms with Gasteiger partial charge in [-0.15, -0.1) is 11.3 Å². The predicted molar refractivity (Wildman–Crippen MR) is 116 cm³/mol. The summed E-state index contributed by atoms with van der Waals surface area (Å²) in [6.45, 7) is 3.47. The third kappa shape index (κ3) is 4.90. The molecule has 0 unspecified atom stereocenters. The van der Waals surface area contributed by atoms with Crippen molar-refractivity contribution in [2.45, 2.75) is 13.8 Å². The molecule has 10 heteroatoms. The van der Waals surface area contributed by atoms with Crippen LogP contribution in [0.2, 0.25) is 0 Å². The number of ether oxygens (including phenoxy) is 1. The molecular formula is C19H21N3O5S2. The zero-order chi connectivity index (χ0) is 21.9. The van der Waals surface area contributed by atoms with Crippen LogP contribution in [0.1, 0.15) is 41.5 Å². The molecule has 0 saturated heterocycles. The quantitative estimate of drug-likeness (QED) is 0.485. The predicted octanol–water partition coefficient (Wildman–Crippen LogP) is 3.36. The Labute approximate surface area is 177 Å². The zero-order valence-corrected chi connectivity index (χ0v) is 18.2. The van der Waals surface area contributed by atoms with Crippen LogP contribution in [0.15, 0.2) is 18.2 Å². The third-order valence-electron chi connectivity index (χ3n) is 4.10. The second kappa shape index (κ2) is 9.01. The number of nitrogens with zero attached hydrogens (tertiary/aromatic N) is 1. The lowest BCUT2D eigenvalue weighted by atomic mass is 10.1. The smallest absolute Gasteiger partial charge is 0.341 e. The first-order chi connectivity index (χ1) is 13.6. The summed E-state index contributed by atoms with van der Waals surface area (Å²) in [4.78, 5) is 37.7. The number of carbonyl (C=O) groups is 3. The lowest BCUT2D eigenvalue weighted by molar-refractivity contribution is 0.0600. The molecule has 0 aliphatic rings. The summed E-state index contributed by atoms with van der Waals surface area (Å²) in [5, 5.41) is 15.5. The second-order valence-electron chi connectivity index (χ2n) is 6.37. The minimum atomic E-state index is -1.05. The van der Waals surface area contributed by atoms with Gasteiger partial charge in [0.05, 0.1) is 23.1 Å². The van der Waals surface area contributed by atoms with E-state index < -0.39 is 11.9 Å². The molecule has 0 radical (unpaired) electrons. The number of anilines is 2. The van der Waals surface area contributed by atoms with E-state index in [0.29, 0.717) is 21.1 Å². The summed E-state index contributed by atoms with van der Waals surface area (Å²) in [7, 11) is 4.50. The number of amides is 1. The number of thiophene rings is 1. The normalized spacial score (nSPS) is 10.2. The molecule has 1 heterocycles. The molecule has 3 N–H and O–H groups in total. The Hall–Kier alpha value is -2.98. The Kier molecular flexibility index (Phi) is 6.93. The van der Waals surface area contributed by atoms with E-state index in [1.807, 2.05) is 0 Å². The largest absolute Gasteiger partial charge is 0.478 e. The molecule has 29 heavy (non-hydrogen) atoms. The standard InChI is InChI=1S/C19H21N3O5S2/c1-9-6-7-11(17(24)25)8-12(9)20-19(28)21-15-13(18(26)27-5)10(2)14(29-15)16(23)22(3)4/h6-8H,1-5H3,(H,24,25)(H2,20,21,28). The van der Waals surface area contributed by atoms with Crippen molar-refractivity contribution in [1.29, 1.82) is 0 Å². The number of esters is 1. The molecule has 0 saturated carbocycles. The maximum absolute atomic E-state index is 12.4. The Morgan fingerprint density at radius 3 is 2.38 bits per heavy atom. The van der Waals surface area contributed by atoms with Crippen molar-refractivity contribution in [3.8, 4) is 0 Å². The number of aryl methyl sites for hydroxylation is 1. The van der Waals surface area contributed by atoms with Gasteiger partial charge in [0.15, 0.2) is 5.11 Å². The van der Waals surface area contributed by atoms with Gasteiger partial charge in [-0.25, -0.2) is 9.59 Å². The van der Waals surface area contributed by atoms with Gasteiger partial charge in [0, 0.05) is 19.8 Å². The Morgan fingerprint density at radius 1 is 1.17 bits per heavy atom. The van der Waals surface area contributed by atoms with E-state index in [1.165, 1.54) is 24.1 Å². The van der Waals surface area contributed by atoms with Crippen LogP contribution in [0, 0.1) is 13.8 Å². The molecule has 0 atom stereocenters. The number of hydrogen-bond acceptors (Lipinski definition) is 6. The summed E-state index contributed by atoms with van der Waals surface area (Å²) >= 11 is 6.42. The number of nitrogens with one attached hydrogen (secondary N) is 2. The SMILES string of the molecule is COC(=O)c1c(NC(=S)Nc2cc(C(=O)O)ccc2C)sc(C(=O)N(C)C)c1C. The highest BCUT2D eigenvalue weighted by Crippen LogP contribution is 2.34. The lowest BCUT2D eigenvalue weighted by Crippen LogP contribution is -2.21. The van der Waals surface area contributed by atoms with Gasteiger partial charge in [0.2, 0.25) is 0 Å². The Balaban J connectivity index is 2.36. The zero-order valence-electron chi connectivity index (χ0n) is 16.6. The molecule has 154 valence electrons. The first-order valence-corrected chi connectivity index (χ1v) is 9.64. The molecule has 1 amide bonds. The highest BCUT2D eigenvalue weighted by atomic mass is 32.1. The van der Waals surface area contributed by atoms with Crippen molar-refractivity contribution in [2.75, 3.05) is 31.8 Å². The highest BCUT2D eigenvalue weighted by molar-refractivity contribution is 7.80. The van der Waals surface area contributed by atoms with Crippen LogP contribution < -0.4 is 10.6 Å². The topological polar surface area (TPSA) is 108 Å². The van der Waals surface area contributed by atoms with Crippen molar-refractivity contribution < 1.29 is 24.2 Å². The van der Waals surface area contributed by atoms with Gasteiger partial charge >= 0.3 is 11.9 Å². The molecular weight excluding hydrogens is 414 g/mol. The Bertz CT molecular complexity index is 998. The van der Waals surface area contributed by atoms with E-state index in [-0.39, 0.29) is 22.1 Å². The fourth-order valence-corrected chi connectivity index (χ4v) is 4.00. The first-order valence-electron chi connectivity index (χ1n) is 8.42. The molecule has 0 aliphatic carbocycles. The van der Waals surface area contributed by atoms with Crippen molar-refractivity contribution in [1.82, 2.24) is 4.90 Å². The molecule has 0 aliphatic heterocycles. The van der Waals surface area contributed by atoms with Gasteiger partial charge in [0.1, 0.15) is 5.00 Å². The molecule has 8 nitrogen and oxygen atoms in total. The summed E-state index contributed by atoms with van der Waals surface area (Å²) in [6, 6.07) is 4.63. The van der Waals surface area contributed by atoms with Crippen molar-refractivity contribution in [3.05, 3.63) is 45.3 Å². The van der Waals surface area contributed by atoms with E-state index in [2.05, 4.69) is 10.6 Å². The van der Waals surface area contributed by atoms with Crippen LogP contribution in [-0.2, 0) is 4.74 Å². The van der Waals surface area contributed by atoms with Gasteiger partial charge in [-0.05, 0) is 49.3 Å². The molecule has 0 spiro atoms. The number of benzene rings is 1. The first kappa shape index (κ1) is 22.3. The number of carboxylic acids is 1. The number of methoxy groups -OCH3 is 1. The van der Waals surface area contributed by atoms with Gasteiger partial charge in [-0.3, -0.25) is 4.79 Å². The van der Waals surface area contributed by atoms with Gasteiger partial charge in [0.25, 0.3) is 5.91 Å². The van der Waals surface area contributed by atoms with Crippen LogP contribution in [0.5, 0.6) is 0 Å². The van der Waals surface area contributed by atoms with Crippen LogP contribution in [-0.4, -0.2) is 54.2 Å². The maximum atomic E-state index is 12.4. The molecule has 0 fully saturated rings. The van der Waals surface area contributed by atoms with Crippen molar-refractivity contribution in [2.24, 2.45) is 0 Å². The average Bonchev–Trinajstić information content (AvgIpc) is 2.97. The van der Waals surface area contributed by atoms with Crippen LogP contribution >= 0.6 is 23.6 Å². The number of thiocarbonyl (C=S) groups is 1. The third-order valence-corrected chi connectivity index (χ3v) is 5.50. The van der Waals surface area contributed by atoms with Gasteiger partial charge < -0.3 is 25.4 Å². The number of aromatic carboxylic acids is 1. The number of carboxylic acid groups (broad SMARTS) is 1. The summed E-state index contributed by atoms with van der Waals surface area (Å²) in [6.07, 6.45) is 0.